The molecule has 26 heavy (non-hydrogen) atoms. The van der Waals surface area contributed by atoms with Crippen LogP contribution in [0.4, 0.5) is 0 Å². The van der Waals surface area contributed by atoms with Crippen LogP contribution in [0, 0.1) is 0 Å². The Bertz CT molecular complexity index is 542. The Morgan fingerprint density at radius 3 is 2.46 bits per heavy atom. The van der Waals surface area contributed by atoms with Gasteiger partial charge in [-0.15, -0.1) is 0 Å². The van der Waals surface area contributed by atoms with E-state index in [1.54, 1.807) is 19.2 Å². The molecule has 0 unspecified atom stereocenters. The lowest BCUT2D eigenvalue weighted by Gasteiger charge is -2.22. The number of carbonyl (C=O) groups is 1. The van der Waals surface area contributed by atoms with Crippen LogP contribution in [-0.4, -0.2) is 51.3 Å². The Hall–Kier alpha value is -2.08. The molecule has 1 saturated carbocycles. The first-order valence-corrected chi connectivity index (χ1v) is 9.69. The molecule has 1 fully saturated rings. The monoisotopic (exact) mass is 360 g/mol. The normalized spacial score (nSPS) is 15.5. The molecule has 1 amide bonds. The summed E-state index contributed by atoms with van der Waals surface area (Å²) >= 11 is 0. The lowest BCUT2D eigenvalue weighted by molar-refractivity contribution is 0.0277. The number of hydrogen-bond donors (Lipinski definition) is 3. The molecule has 0 bridgehead atoms. The predicted octanol–water partition coefficient (Wildman–Crippen LogP) is 2.32. The van der Waals surface area contributed by atoms with Crippen LogP contribution in [0.1, 0.15) is 48.9 Å². The van der Waals surface area contributed by atoms with Crippen LogP contribution in [-0.2, 0) is 4.74 Å². The lowest BCUT2D eigenvalue weighted by Crippen LogP contribution is -2.42. The summed E-state index contributed by atoms with van der Waals surface area (Å²) in [5.41, 5.74) is 0.674. The molecule has 0 aromatic heterocycles. The first kappa shape index (κ1) is 20.2. The molecule has 1 aromatic carbocycles. The van der Waals surface area contributed by atoms with Gasteiger partial charge in [0.25, 0.3) is 5.91 Å². The van der Waals surface area contributed by atoms with E-state index in [1.165, 1.54) is 32.1 Å². The van der Waals surface area contributed by atoms with E-state index < -0.39 is 0 Å². The highest BCUT2D eigenvalue weighted by molar-refractivity contribution is 5.94. The first-order chi connectivity index (χ1) is 12.8. The highest BCUT2D eigenvalue weighted by Crippen LogP contribution is 2.20. The number of guanidine groups is 1. The third-order valence-corrected chi connectivity index (χ3v) is 4.48. The van der Waals surface area contributed by atoms with Gasteiger partial charge in [-0.1, -0.05) is 37.5 Å². The second-order valence-electron chi connectivity index (χ2n) is 6.53. The number of hydrogen-bond acceptors (Lipinski definition) is 3. The minimum absolute atomic E-state index is 0.0600. The number of ether oxygens (including phenoxy) is 1. The van der Waals surface area contributed by atoms with Gasteiger partial charge in [0.1, 0.15) is 0 Å². The van der Waals surface area contributed by atoms with Crippen LogP contribution < -0.4 is 16.0 Å². The van der Waals surface area contributed by atoms with E-state index in [2.05, 4.69) is 20.9 Å². The third-order valence-electron chi connectivity index (χ3n) is 4.48. The summed E-state index contributed by atoms with van der Waals surface area (Å²) in [6.45, 7) is 2.78. The van der Waals surface area contributed by atoms with Gasteiger partial charge in [-0.3, -0.25) is 9.79 Å². The molecule has 0 atom stereocenters. The molecule has 0 aliphatic heterocycles. The van der Waals surface area contributed by atoms with Gasteiger partial charge in [-0.25, -0.2) is 0 Å². The largest absolute Gasteiger partial charge is 0.378 e. The molecule has 1 aromatic rings. The summed E-state index contributed by atoms with van der Waals surface area (Å²) in [5.74, 6) is 0.687. The molecule has 0 radical (unpaired) electrons. The van der Waals surface area contributed by atoms with Crippen molar-refractivity contribution in [3.63, 3.8) is 0 Å². The van der Waals surface area contributed by atoms with Gasteiger partial charge in [-0.05, 0) is 31.4 Å². The van der Waals surface area contributed by atoms with Crippen LogP contribution >= 0.6 is 0 Å². The number of amides is 1. The SMILES string of the molecule is CN=C(NCCCOC1CCCCC1)NCCNC(=O)c1ccccc1. The number of benzene rings is 1. The van der Waals surface area contributed by atoms with E-state index in [0.717, 1.165) is 25.5 Å². The molecular weight excluding hydrogens is 328 g/mol. The van der Waals surface area contributed by atoms with Gasteiger partial charge in [0, 0.05) is 38.9 Å². The summed E-state index contributed by atoms with van der Waals surface area (Å²) < 4.78 is 5.92. The van der Waals surface area contributed by atoms with E-state index in [9.17, 15) is 4.79 Å². The van der Waals surface area contributed by atoms with E-state index >= 15 is 0 Å². The van der Waals surface area contributed by atoms with Crippen LogP contribution in [0.5, 0.6) is 0 Å². The highest BCUT2D eigenvalue weighted by Gasteiger charge is 2.12. The Balaban J connectivity index is 1.50. The minimum Gasteiger partial charge on any atom is -0.378 e. The van der Waals surface area contributed by atoms with Gasteiger partial charge in [0.2, 0.25) is 0 Å². The van der Waals surface area contributed by atoms with Crippen molar-refractivity contribution in [2.24, 2.45) is 4.99 Å². The number of rotatable bonds is 9. The zero-order chi connectivity index (χ0) is 18.5. The van der Waals surface area contributed by atoms with Crippen LogP contribution in [0.3, 0.4) is 0 Å². The van der Waals surface area contributed by atoms with Crippen molar-refractivity contribution in [3.05, 3.63) is 35.9 Å². The van der Waals surface area contributed by atoms with Gasteiger partial charge < -0.3 is 20.7 Å². The number of nitrogens with one attached hydrogen (secondary N) is 3. The Kier molecular flexibility index (Phi) is 9.57. The lowest BCUT2D eigenvalue weighted by atomic mass is 9.98. The van der Waals surface area contributed by atoms with Crippen molar-refractivity contribution in [1.29, 1.82) is 0 Å². The number of nitrogens with zero attached hydrogens (tertiary/aromatic N) is 1. The molecule has 1 aliphatic rings. The van der Waals surface area contributed by atoms with Crippen molar-refractivity contribution < 1.29 is 9.53 Å². The summed E-state index contributed by atoms with van der Waals surface area (Å²) in [6, 6.07) is 9.22. The summed E-state index contributed by atoms with van der Waals surface area (Å²) in [7, 11) is 1.75. The molecule has 0 heterocycles. The molecular formula is C20H32N4O2. The maximum Gasteiger partial charge on any atom is 0.251 e. The summed E-state index contributed by atoms with van der Waals surface area (Å²) in [6.07, 6.45) is 7.82. The fraction of sp³-hybridized carbons (Fsp3) is 0.600. The standard InChI is InChI=1S/C20H32N4O2/c1-21-20(23-13-8-16-26-18-11-6-3-7-12-18)24-15-14-22-19(25)17-9-4-2-5-10-17/h2,4-5,9-10,18H,3,6-8,11-16H2,1H3,(H,22,25)(H2,21,23,24). The fourth-order valence-corrected chi connectivity index (χ4v) is 3.03. The van der Waals surface area contributed by atoms with Gasteiger partial charge in [-0.2, -0.15) is 0 Å². The smallest absolute Gasteiger partial charge is 0.251 e. The summed E-state index contributed by atoms with van der Waals surface area (Å²) in [4.78, 5) is 16.1. The maximum atomic E-state index is 11.9. The zero-order valence-electron chi connectivity index (χ0n) is 15.8. The molecule has 0 saturated heterocycles. The molecule has 2 rings (SSSR count). The zero-order valence-corrected chi connectivity index (χ0v) is 15.8. The van der Waals surface area contributed by atoms with Gasteiger partial charge in [0.15, 0.2) is 5.96 Å². The van der Waals surface area contributed by atoms with E-state index in [4.69, 9.17) is 4.74 Å². The molecule has 6 heteroatoms. The van der Waals surface area contributed by atoms with Crippen LogP contribution in [0.2, 0.25) is 0 Å². The van der Waals surface area contributed by atoms with E-state index in [1.807, 2.05) is 18.2 Å². The highest BCUT2D eigenvalue weighted by atomic mass is 16.5. The Labute approximate surface area is 156 Å². The Morgan fingerprint density at radius 2 is 1.73 bits per heavy atom. The van der Waals surface area contributed by atoms with Crippen molar-refractivity contribution in [3.8, 4) is 0 Å². The Morgan fingerprint density at radius 1 is 1.04 bits per heavy atom. The van der Waals surface area contributed by atoms with Crippen molar-refractivity contribution in [2.45, 2.75) is 44.6 Å². The van der Waals surface area contributed by atoms with Crippen molar-refractivity contribution in [2.75, 3.05) is 33.3 Å². The topological polar surface area (TPSA) is 74.8 Å². The molecule has 144 valence electrons. The minimum atomic E-state index is -0.0600. The van der Waals surface area contributed by atoms with Crippen LogP contribution in [0.15, 0.2) is 35.3 Å². The molecule has 3 N–H and O–H groups in total. The average Bonchev–Trinajstić information content (AvgIpc) is 2.70. The first-order valence-electron chi connectivity index (χ1n) is 9.69. The van der Waals surface area contributed by atoms with Gasteiger partial charge in [0.05, 0.1) is 6.10 Å². The second-order valence-corrected chi connectivity index (χ2v) is 6.53. The second kappa shape index (κ2) is 12.3. The molecule has 0 spiro atoms. The predicted molar refractivity (Wildman–Crippen MR) is 106 cm³/mol. The fourth-order valence-electron chi connectivity index (χ4n) is 3.03. The molecule has 6 nitrogen and oxygen atoms in total. The summed E-state index contributed by atoms with van der Waals surface area (Å²) in [5, 5.41) is 9.36. The third kappa shape index (κ3) is 7.87. The van der Waals surface area contributed by atoms with E-state index in [-0.39, 0.29) is 5.91 Å². The van der Waals surface area contributed by atoms with Crippen LogP contribution in [0.25, 0.3) is 0 Å². The number of carbonyl (C=O) groups excluding carboxylic acids is 1. The maximum absolute atomic E-state index is 11.9. The molecule has 1 aliphatic carbocycles. The number of aliphatic imine (C=N–C) groups is 1. The van der Waals surface area contributed by atoms with E-state index in [0.29, 0.717) is 24.8 Å². The quantitative estimate of drug-likeness (QED) is 0.359. The van der Waals surface area contributed by atoms with Gasteiger partial charge >= 0.3 is 0 Å². The average molecular weight is 361 g/mol. The van der Waals surface area contributed by atoms with Crippen molar-refractivity contribution >= 4 is 11.9 Å². The van der Waals surface area contributed by atoms with Crippen molar-refractivity contribution in [1.82, 2.24) is 16.0 Å².